The molecule has 0 radical (unpaired) electrons. The zero-order valence-corrected chi connectivity index (χ0v) is 4.86. The van der Waals surface area contributed by atoms with Gasteiger partial charge in [-0.15, -0.1) is 0 Å². The molecular weight excluding hydrogens is 136 g/mol. The summed E-state index contributed by atoms with van der Waals surface area (Å²) in [5, 5.41) is 0. The van der Waals surface area contributed by atoms with Crippen molar-refractivity contribution in [3.05, 3.63) is 0 Å². The molecule has 39 valence electrons. The Morgan fingerprint density at radius 1 is 1.57 bits per heavy atom. The predicted octanol–water partition coefficient (Wildman–Crippen LogP) is -1.12. The van der Waals surface area contributed by atoms with Crippen molar-refractivity contribution in [3.63, 3.8) is 0 Å². The van der Waals surface area contributed by atoms with Crippen LogP contribution >= 0.6 is 0 Å². The van der Waals surface area contributed by atoms with Crippen LogP contribution in [0.2, 0.25) is 0 Å². The molecule has 0 atom stereocenters. The van der Waals surface area contributed by atoms with Gasteiger partial charge in [-0.1, -0.05) is 0 Å². The molecule has 2 amide bonds. The summed E-state index contributed by atoms with van der Waals surface area (Å²) in [5.74, 6) is 0. The van der Waals surface area contributed by atoms with Crippen LogP contribution in [0.3, 0.4) is 0 Å². The molecule has 0 heterocycles. The summed E-state index contributed by atoms with van der Waals surface area (Å²) in [6.07, 6.45) is 0. The van der Waals surface area contributed by atoms with Crippen molar-refractivity contribution in [3.8, 4) is 0 Å². The Labute approximate surface area is 45.7 Å². The Bertz CT molecular complexity index is 130. The Kier molecular flexibility index (Phi) is 2.55. The second kappa shape index (κ2) is 2.71. The molecule has 0 unspecified atom stereocenters. The van der Waals surface area contributed by atoms with Crippen molar-refractivity contribution in [2.45, 2.75) is 0 Å². The van der Waals surface area contributed by atoms with E-state index >= 15 is 0 Å². The van der Waals surface area contributed by atoms with E-state index in [9.17, 15) is 11.4 Å². The monoisotopic (exact) mass is 139 g/mol. The van der Waals surface area contributed by atoms with Gasteiger partial charge in [0.1, 0.15) is 0 Å². The first-order valence-corrected chi connectivity index (χ1v) is 3.46. The average Bonchev–Trinajstić information content (AvgIpc) is 1.27. The minimum absolute atomic E-state index is 1.01. The zero-order chi connectivity index (χ0) is 5.86. The Balaban J connectivity index is 3.53. The Morgan fingerprint density at radius 2 is 2.00 bits per heavy atom. The van der Waals surface area contributed by atoms with E-state index in [0.717, 1.165) is 0 Å². The minimum atomic E-state index is -3.67. The second-order valence-electron chi connectivity index (χ2n) is 0.777. The number of urea groups is 1. The molecule has 5 nitrogen and oxygen atoms in total. The van der Waals surface area contributed by atoms with Crippen LogP contribution in [0, 0.1) is 0 Å². The molecule has 0 aliphatic rings. The van der Waals surface area contributed by atoms with Gasteiger partial charge in [0.05, 0.1) is 0 Å². The van der Waals surface area contributed by atoms with Crippen LogP contribution in [-0.4, -0.2) is 6.03 Å². The number of hydrogen-bond acceptors (Lipinski definition) is 3. The molecule has 6 heteroatoms. The first-order valence-electron chi connectivity index (χ1n) is 1.40. The summed E-state index contributed by atoms with van der Waals surface area (Å²) in [5.41, 5.74) is 4.38. The summed E-state index contributed by atoms with van der Waals surface area (Å²) < 4.78 is 20.6. The summed E-state index contributed by atoms with van der Waals surface area (Å²) >= 11 is -3.67. The van der Waals surface area contributed by atoms with Gasteiger partial charge in [0.2, 0.25) is 0 Å². The third-order valence-electron chi connectivity index (χ3n) is 0.225. The molecule has 0 aromatic rings. The van der Waals surface area contributed by atoms with Gasteiger partial charge in [0, 0.05) is 0 Å². The van der Waals surface area contributed by atoms with E-state index in [2.05, 4.69) is 5.73 Å². The van der Waals surface area contributed by atoms with Crippen molar-refractivity contribution in [2.24, 2.45) is 5.73 Å². The number of primary amides is 1. The molecule has 0 aromatic heterocycles. The molecule has 0 fully saturated rings. The zero-order valence-electron chi connectivity index (χ0n) is 3.30. The number of nitrogens with two attached hydrogens (primary N) is 1. The fraction of sp³-hybridized carbons (Fsp3) is 0. The number of amides is 2. The SMILES string of the molecule is NC(=O)[NH][Ti](=[O])=[O]. The van der Waals surface area contributed by atoms with Crippen LogP contribution < -0.4 is 9.53 Å². The van der Waals surface area contributed by atoms with E-state index in [1.54, 1.807) is 0 Å². The standard InChI is InChI=1S/CH4N2O.2O.Ti/c2-1(3)4;;;/h(H4,2,3,4);;;/q;;;+1/p-1. The van der Waals surface area contributed by atoms with E-state index in [0.29, 0.717) is 0 Å². The maximum atomic E-state index is 9.56. The fourth-order valence-electron chi connectivity index (χ4n) is 0.101. The van der Waals surface area contributed by atoms with Crippen molar-refractivity contribution >= 4 is 6.03 Å². The third kappa shape index (κ3) is 5.58. The first-order chi connectivity index (χ1) is 3.13. The fourth-order valence-corrected chi connectivity index (χ4v) is 0.415. The van der Waals surface area contributed by atoms with E-state index in [4.69, 9.17) is 0 Å². The summed E-state index contributed by atoms with van der Waals surface area (Å²) in [7, 11) is 0. The molecule has 0 aliphatic carbocycles. The van der Waals surface area contributed by atoms with Crippen LogP contribution in [0.15, 0.2) is 0 Å². The average molecular weight is 139 g/mol. The summed E-state index contributed by atoms with van der Waals surface area (Å²) in [6.45, 7) is 0. The molecule has 0 bridgehead atoms. The molecule has 0 spiro atoms. The molecule has 0 aliphatic heterocycles. The Morgan fingerprint density at radius 3 is 2.00 bits per heavy atom. The molecule has 0 aromatic carbocycles. The number of rotatable bonds is 1. The van der Waals surface area contributed by atoms with E-state index in [1.807, 2.05) is 0 Å². The summed E-state index contributed by atoms with van der Waals surface area (Å²) in [6, 6.07) is -1.01. The topological polar surface area (TPSA) is 89.3 Å². The van der Waals surface area contributed by atoms with Crippen LogP contribution in [0.5, 0.6) is 0 Å². The van der Waals surface area contributed by atoms with Crippen LogP contribution in [0.25, 0.3) is 0 Å². The van der Waals surface area contributed by atoms with Gasteiger partial charge < -0.3 is 0 Å². The van der Waals surface area contributed by atoms with E-state index < -0.39 is 24.1 Å². The van der Waals surface area contributed by atoms with Gasteiger partial charge in [-0.25, -0.2) is 0 Å². The number of carbonyl (C=O) groups is 1. The van der Waals surface area contributed by atoms with Crippen molar-refractivity contribution in [1.82, 2.24) is 3.80 Å². The third-order valence-corrected chi connectivity index (χ3v) is 0.929. The first kappa shape index (κ1) is 6.58. The molecule has 3 N–H and O–H groups in total. The summed E-state index contributed by atoms with van der Waals surface area (Å²) in [4.78, 5) is 9.56. The number of carbonyl (C=O) groups excluding carboxylic acids is 1. The number of nitrogens with one attached hydrogen (secondary N) is 1. The second-order valence-corrected chi connectivity index (χ2v) is 2.06. The van der Waals surface area contributed by atoms with Gasteiger partial charge in [0.25, 0.3) is 0 Å². The molecular formula is CH3N2O3Ti. The van der Waals surface area contributed by atoms with E-state index in [1.165, 1.54) is 3.80 Å². The number of hydrogen-bond donors (Lipinski definition) is 2. The van der Waals surface area contributed by atoms with E-state index in [-0.39, 0.29) is 0 Å². The van der Waals surface area contributed by atoms with Crippen molar-refractivity contribution in [2.75, 3.05) is 0 Å². The predicted molar refractivity (Wildman–Crippen MR) is 14.1 cm³/mol. The molecule has 0 saturated heterocycles. The van der Waals surface area contributed by atoms with Gasteiger partial charge in [-0.3, -0.25) is 0 Å². The quantitative estimate of drug-likeness (QED) is 0.450. The maximum absolute atomic E-state index is 9.56. The van der Waals surface area contributed by atoms with Gasteiger partial charge >= 0.3 is 45.1 Å². The Hall–Kier alpha value is -0.416. The molecule has 0 saturated carbocycles. The van der Waals surface area contributed by atoms with Crippen LogP contribution in [-0.2, 0) is 24.7 Å². The van der Waals surface area contributed by atoms with Gasteiger partial charge in [-0.2, -0.15) is 0 Å². The van der Waals surface area contributed by atoms with Gasteiger partial charge in [-0.05, 0) is 0 Å². The van der Waals surface area contributed by atoms with Crippen molar-refractivity contribution in [1.29, 1.82) is 0 Å². The van der Waals surface area contributed by atoms with Gasteiger partial charge in [0.15, 0.2) is 0 Å². The van der Waals surface area contributed by atoms with Crippen molar-refractivity contribution < 1.29 is 29.5 Å². The van der Waals surface area contributed by atoms with Crippen LogP contribution in [0.1, 0.15) is 0 Å². The molecule has 0 rings (SSSR count). The normalized spacial score (nSPS) is 7.43. The molecule has 7 heavy (non-hydrogen) atoms. The van der Waals surface area contributed by atoms with Crippen LogP contribution in [0.4, 0.5) is 4.79 Å².